The third-order valence-corrected chi connectivity index (χ3v) is 2.59. The van der Waals surface area contributed by atoms with Crippen LogP contribution in [0.3, 0.4) is 0 Å². The van der Waals surface area contributed by atoms with Gasteiger partial charge >= 0.3 is 6.03 Å². The van der Waals surface area contributed by atoms with E-state index in [4.69, 9.17) is 5.73 Å². The predicted molar refractivity (Wildman–Crippen MR) is 59.9 cm³/mol. The number of benzene rings is 1. The first-order valence-corrected chi connectivity index (χ1v) is 5.11. The van der Waals surface area contributed by atoms with Gasteiger partial charge in [0.2, 0.25) is 5.91 Å². The van der Waals surface area contributed by atoms with E-state index >= 15 is 0 Å². The summed E-state index contributed by atoms with van der Waals surface area (Å²) in [6.45, 7) is 0.605. The monoisotopic (exact) mass is 219 g/mol. The van der Waals surface area contributed by atoms with Gasteiger partial charge in [0.15, 0.2) is 0 Å². The molecule has 0 radical (unpaired) electrons. The molecule has 1 aromatic carbocycles. The lowest BCUT2D eigenvalue weighted by molar-refractivity contribution is -0.118. The molecule has 0 aromatic heterocycles. The Kier molecular flexibility index (Phi) is 2.76. The highest BCUT2D eigenvalue weighted by Crippen LogP contribution is 2.20. The molecule has 0 spiro atoms. The number of carbonyl (C=O) groups excluding carboxylic acids is 2. The Balaban J connectivity index is 2.11. The third kappa shape index (κ3) is 1.98. The standard InChI is InChI=1S/C11H13N3O2/c12-11(16)13-9-6-7-14(10(9)15)8-4-2-1-3-5-8/h1-5,9H,6-7H2,(H3,12,13,16). The first-order valence-electron chi connectivity index (χ1n) is 5.11. The van der Waals surface area contributed by atoms with E-state index in [1.807, 2.05) is 30.3 Å². The minimum Gasteiger partial charge on any atom is -0.352 e. The quantitative estimate of drug-likeness (QED) is 0.758. The summed E-state index contributed by atoms with van der Waals surface area (Å²) in [7, 11) is 0. The van der Waals surface area contributed by atoms with E-state index in [1.54, 1.807) is 4.90 Å². The number of amides is 3. The molecular formula is C11H13N3O2. The molecule has 1 unspecified atom stereocenters. The molecule has 84 valence electrons. The molecule has 1 heterocycles. The second kappa shape index (κ2) is 4.22. The summed E-state index contributed by atoms with van der Waals surface area (Å²) in [5.74, 6) is -0.106. The Labute approximate surface area is 93.2 Å². The average molecular weight is 219 g/mol. The van der Waals surface area contributed by atoms with Gasteiger partial charge in [-0.3, -0.25) is 4.79 Å². The van der Waals surface area contributed by atoms with Gasteiger partial charge in [-0.05, 0) is 18.6 Å². The second-order valence-corrected chi connectivity index (χ2v) is 3.68. The first-order chi connectivity index (χ1) is 7.68. The minimum atomic E-state index is -0.659. The molecule has 0 aliphatic carbocycles. The molecule has 3 amide bonds. The fourth-order valence-electron chi connectivity index (χ4n) is 1.85. The molecule has 3 N–H and O–H groups in total. The molecule has 16 heavy (non-hydrogen) atoms. The molecule has 1 fully saturated rings. The van der Waals surface area contributed by atoms with Gasteiger partial charge in [0.25, 0.3) is 0 Å². The van der Waals surface area contributed by atoms with Crippen molar-refractivity contribution in [1.29, 1.82) is 0 Å². The van der Waals surface area contributed by atoms with Crippen molar-refractivity contribution in [3.63, 3.8) is 0 Å². The van der Waals surface area contributed by atoms with Crippen LogP contribution in [0.15, 0.2) is 30.3 Å². The fraction of sp³-hybridized carbons (Fsp3) is 0.273. The molecule has 2 rings (SSSR count). The number of anilines is 1. The van der Waals surface area contributed by atoms with Gasteiger partial charge in [-0.1, -0.05) is 18.2 Å². The maximum Gasteiger partial charge on any atom is 0.312 e. The number of rotatable bonds is 2. The fourth-order valence-corrected chi connectivity index (χ4v) is 1.85. The summed E-state index contributed by atoms with van der Waals surface area (Å²) in [6.07, 6.45) is 0.594. The number of nitrogens with zero attached hydrogens (tertiary/aromatic N) is 1. The highest BCUT2D eigenvalue weighted by Gasteiger charge is 2.32. The highest BCUT2D eigenvalue weighted by molar-refractivity contribution is 6.01. The van der Waals surface area contributed by atoms with Crippen molar-refractivity contribution < 1.29 is 9.59 Å². The van der Waals surface area contributed by atoms with Crippen LogP contribution in [0.5, 0.6) is 0 Å². The largest absolute Gasteiger partial charge is 0.352 e. The smallest absolute Gasteiger partial charge is 0.312 e. The van der Waals surface area contributed by atoms with Crippen molar-refractivity contribution in [1.82, 2.24) is 5.32 Å². The highest BCUT2D eigenvalue weighted by atomic mass is 16.2. The van der Waals surface area contributed by atoms with Gasteiger partial charge in [0, 0.05) is 12.2 Å². The van der Waals surface area contributed by atoms with Gasteiger partial charge in [0.1, 0.15) is 6.04 Å². The number of hydrogen-bond donors (Lipinski definition) is 2. The van der Waals surface area contributed by atoms with Crippen LogP contribution in [0.4, 0.5) is 10.5 Å². The molecule has 0 bridgehead atoms. The van der Waals surface area contributed by atoms with Gasteiger partial charge in [-0.2, -0.15) is 0 Å². The van der Waals surface area contributed by atoms with Gasteiger partial charge in [-0.15, -0.1) is 0 Å². The third-order valence-electron chi connectivity index (χ3n) is 2.59. The zero-order valence-electron chi connectivity index (χ0n) is 8.72. The molecule has 1 saturated heterocycles. The Morgan fingerprint density at radius 1 is 1.38 bits per heavy atom. The van der Waals surface area contributed by atoms with Gasteiger partial charge in [-0.25, -0.2) is 4.79 Å². The SMILES string of the molecule is NC(=O)NC1CCN(c2ccccc2)C1=O. The summed E-state index contributed by atoms with van der Waals surface area (Å²) in [4.78, 5) is 24.2. The topological polar surface area (TPSA) is 75.4 Å². The van der Waals surface area contributed by atoms with E-state index in [0.717, 1.165) is 5.69 Å². The number of nitrogens with two attached hydrogens (primary N) is 1. The number of primary amides is 1. The lowest BCUT2D eigenvalue weighted by Crippen LogP contribution is -2.43. The molecular weight excluding hydrogens is 206 g/mol. The van der Waals surface area contributed by atoms with E-state index in [0.29, 0.717) is 13.0 Å². The summed E-state index contributed by atoms with van der Waals surface area (Å²) in [5.41, 5.74) is 5.85. The first kappa shape index (κ1) is 10.5. The maximum atomic E-state index is 11.9. The second-order valence-electron chi connectivity index (χ2n) is 3.68. The van der Waals surface area contributed by atoms with Crippen LogP contribution >= 0.6 is 0 Å². The average Bonchev–Trinajstić information content (AvgIpc) is 2.61. The van der Waals surface area contributed by atoms with E-state index < -0.39 is 12.1 Å². The van der Waals surface area contributed by atoms with Crippen molar-refractivity contribution in [2.45, 2.75) is 12.5 Å². The van der Waals surface area contributed by atoms with Crippen molar-refractivity contribution in [2.75, 3.05) is 11.4 Å². The van der Waals surface area contributed by atoms with Crippen LogP contribution in [-0.4, -0.2) is 24.5 Å². The van der Waals surface area contributed by atoms with Gasteiger partial charge < -0.3 is 16.0 Å². The van der Waals surface area contributed by atoms with E-state index in [-0.39, 0.29) is 5.91 Å². The number of hydrogen-bond acceptors (Lipinski definition) is 2. The van der Waals surface area contributed by atoms with Crippen LogP contribution < -0.4 is 16.0 Å². The van der Waals surface area contributed by atoms with Crippen LogP contribution in [0, 0.1) is 0 Å². The van der Waals surface area contributed by atoms with Crippen molar-refractivity contribution in [2.24, 2.45) is 5.73 Å². The normalized spacial score (nSPS) is 19.9. The molecule has 5 heteroatoms. The van der Waals surface area contributed by atoms with E-state index in [9.17, 15) is 9.59 Å². The van der Waals surface area contributed by atoms with Crippen LogP contribution in [0.25, 0.3) is 0 Å². The van der Waals surface area contributed by atoms with Crippen molar-refractivity contribution in [3.05, 3.63) is 30.3 Å². The van der Waals surface area contributed by atoms with Crippen LogP contribution in [0.1, 0.15) is 6.42 Å². The Morgan fingerprint density at radius 2 is 2.06 bits per heavy atom. The van der Waals surface area contributed by atoms with Crippen LogP contribution in [-0.2, 0) is 4.79 Å². The molecule has 5 nitrogen and oxygen atoms in total. The molecule has 1 aliphatic rings. The minimum absolute atomic E-state index is 0.106. The number of para-hydroxylation sites is 1. The summed E-state index contributed by atoms with van der Waals surface area (Å²) >= 11 is 0. The zero-order chi connectivity index (χ0) is 11.5. The van der Waals surface area contributed by atoms with Crippen molar-refractivity contribution in [3.8, 4) is 0 Å². The van der Waals surface area contributed by atoms with E-state index in [2.05, 4.69) is 5.32 Å². The summed E-state index contributed by atoms with van der Waals surface area (Å²) in [5, 5.41) is 2.44. The molecule has 1 aromatic rings. The Bertz CT molecular complexity index is 405. The summed E-state index contributed by atoms with van der Waals surface area (Å²) in [6, 6.07) is 8.22. The number of urea groups is 1. The Morgan fingerprint density at radius 3 is 2.69 bits per heavy atom. The maximum absolute atomic E-state index is 11.9. The zero-order valence-corrected chi connectivity index (χ0v) is 8.72. The molecule has 1 aliphatic heterocycles. The molecule has 1 atom stereocenters. The number of carbonyl (C=O) groups is 2. The van der Waals surface area contributed by atoms with Crippen LogP contribution in [0.2, 0.25) is 0 Å². The lowest BCUT2D eigenvalue weighted by Gasteiger charge is -2.16. The Hall–Kier alpha value is -2.04. The van der Waals surface area contributed by atoms with Crippen molar-refractivity contribution >= 4 is 17.6 Å². The molecule has 0 saturated carbocycles. The number of nitrogens with one attached hydrogen (secondary N) is 1. The van der Waals surface area contributed by atoms with Gasteiger partial charge in [0.05, 0.1) is 0 Å². The lowest BCUT2D eigenvalue weighted by atomic mass is 10.2. The van der Waals surface area contributed by atoms with E-state index in [1.165, 1.54) is 0 Å². The summed E-state index contributed by atoms with van der Waals surface area (Å²) < 4.78 is 0. The predicted octanol–water partition coefficient (Wildman–Crippen LogP) is 0.460.